The fourth-order valence-corrected chi connectivity index (χ4v) is 3.99. The minimum atomic E-state index is -0.888. The average Bonchev–Trinajstić information content (AvgIpc) is 3.22. The number of halogens is 1. The van der Waals surface area contributed by atoms with Gasteiger partial charge in [0.05, 0.1) is 25.8 Å². The van der Waals surface area contributed by atoms with Gasteiger partial charge in [-0.2, -0.15) is 5.10 Å². The molecular weight excluding hydrogens is 493 g/mol. The first-order chi connectivity index (χ1) is 18.0. The zero-order chi connectivity index (χ0) is 27.9. The number of ether oxygens (including phenoxy) is 2. The summed E-state index contributed by atoms with van der Waals surface area (Å²) in [4.78, 5) is 36.4. The number of nitrogens with zero attached hydrogens (tertiary/aromatic N) is 2. The van der Waals surface area contributed by atoms with E-state index >= 15 is 0 Å². The van der Waals surface area contributed by atoms with E-state index in [1.54, 1.807) is 35.0 Å². The van der Waals surface area contributed by atoms with Gasteiger partial charge in [-0.3, -0.25) is 14.3 Å². The minimum absolute atomic E-state index is 0.130. The van der Waals surface area contributed by atoms with Crippen LogP contribution in [-0.4, -0.2) is 52.5 Å². The number of benzene rings is 2. The zero-order valence-electron chi connectivity index (χ0n) is 22.1. The summed E-state index contributed by atoms with van der Waals surface area (Å²) in [6.45, 7) is 6.17. The van der Waals surface area contributed by atoms with E-state index in [0.29, 0.717) is 36.1 Å². The van der Waals surface area contributed by atoms with Crippen molar-refractivity contribution in [3.63, 3.8) is 0 Å². The molecule has 0 aliphatic heterocycles. The number of amides is 1. The number of fused-ring (bicyclic) bond motifs is 1. The van der Waals surface area contributed by atoms with E-state index < -0.39 is 29.3 Å². The number of aliphatic carboxylic acids is 1. The van der Waals surface area contributed by atoms with Gasteiger partial charge in [0.15, 0.2) is 5.69 Å². The summed E-state index contributed by atoms with van der Waals surface area (Å²) >= 11 is 0. The van der Waals surface area contributed by atoms with Gasteiger partial charge in [-0.15, -0.1) is 0 Å². The van der Waals surface area contributed by atoms with Gasteiger partial charge in [0.2, 0.25) is 0 Å². The third-order valence-electron chi connectivity index (χ3n) is 6.07. The number of rotatable bonds is 12. The van der Waals surface area contributed by atoms with E-state index in [9.17, 15) is 18.8 Å². The molecule has 3 rings (SSSR count). The normalized spacial score (nSPS) is 12.2. The summed E-state index contributed by atoms with van der Waals surface area (Å²) in [6.07, 6.45) is 2.15. The van der Waals surface area contributed by atoms with Gasteiger partial charge in [0.25, 0.3) is 5.91 Å². The molecule has 2 N–H and O–H groups in total. The lowest BCUT2D eigenvalue weighted by molar-refractivity contribution is -0.145. The van der Waals surface area contributed by atoms with Gasteiger partial charge < -0.3 is 19.9 Å². The Kier molecular flexibility index (Phi) is 9.44. The van der Waals surface area contributed by atoms with Crippen molar-refractivity contribution < 1.29 is 33.4 Å². The van der Waals surface area contributed by atoms with Crippen LogP contribution in [0.15, 0.2) is 42.5 Å². The van der Waals surface area contributed by atoms with Gasteiger partial charge in [0, 0.05) is 17.9 Å². The predicted octanol–water partition coefficient (Wildman–Crippen LogP) is 4.57. The van der Waals surface area contributed by atoms with Crippen LogP contribution < -0.4 is 10.1 Å². The van der Waals surface area contributed by atoms with Crippen LogP contribution in [0.25, 0.3) is 10.9 Å². The molecule has 0 fully saturated rings. The van der Waals surface area contributed by atoms with Crippen molar-refractivity contribution in [2.24, 2.45) is 5.41 Å². The Morgan fingerprint density at radius 2 is 1.79 bits per heavy atom. The highest BCUT2D eigenvalue weighted by atomic mass is 19.1. The second kappa shape index (κ2) is 12.5. The lowest BCUT2D eigenvalue weighted by Crippen LogP contribution is -2.49. The molecule has 1 amide bonds. The molecule has 204 valence electrons. The summed E-state index contributed by atoms with van der Waals surface area (Å²) in [7, 11) is 1.27. The highest BCUT2D eigenvalue weighted by molar-refractivity contribution is 6.06. The van der Waals surface area contributed by atoms with E-state index in [1.165, 1.54) is 19.2 Å². The number of methoxy groups -OCH3 is 1. The largest absolute Gasteiger partial charge is 0.494 e. The molecule has 2 aromatic carbocycles. The number of carboxylic acids is 1. The van der Waals surface area contributed by atoms with Crippen molar-refractivity contribution in [1.82, 2.24) is 15.1 Å². The fraction of sp³-hybridized carbons (Fsp3) is 0.429. The van der Waals surface area contributed by atoms with Crippen LogP contribution in [0.4, 0.5) is 4.39 Å². The van der Waals surface area contributed by atoms with Crippen molar-refractivity contribution in [3.8, 4) is 5.75 Å². The molecule has 38 heavy (non-hydrogen) atoms. The van der Waals surface area contributed by atoms with Crippen LogP contribution in [0.3, 0.4) is 0 Å². The molecule has 0 saturated heterocycles. The fourth-order valence-electron chi connectivity index (χ4n) is 3.99. The molecule has 1 aromatic heterocycles. The number of hydrogen-bond acceptors (Lipinski definition) is 6. The maximum Gasteiger partial charge on any atom is 0.328 e. The van der Waals surface area contributed by atoms with Crippen molar-refractivity contribution in [2.75, 3.05) is 13.7 Å². The van der Waals surface area contributed by atoms with Crippen LogP contribution in [0.1, 0.15) is 62.5 Å². The molecule has 1 atom stereocenters. The average molecular weight is 528 g/mol. The minimum Gasteiger partial charge on any atom is -0.494 e. The summed E-state index contributed by atoms with van der Waals surface area (Å²) in [5.41, 5.74) is 0.962. The molecule has 0 radical (unpaired) electrons. The molecule has 9 nitrogen and oxygen atoms in total. The smallest absolute Gasteiger partial charge is 0.328 e. The van der Waals surface area contributed by atoms with Gasteiger partial charge >= 0.3 is 11.9 Å². The molecule has 0 spiro atoms. The summed E-state index contributed by atoms with van der Waals surface area (Å²) in [6, 6.07) is 10.4. The molecule has 0 aliphatic carbocycles. The molecule has 1 heterocycles. The van der Waals surface area contributed by atoms with Crippen LogP contribution in [-0.2, 0) is 20.9 Å². The Hall–Kier alpha value is -3.95. The first-order valence-electron chi connectivity index (χ1n) is 12.5. The quantitative estimate of drug-likeness (QED) is 0.262. The Morgan fingerprint density at radius 1 is 1.08 bits per heavy atom. The second-order valence-electron chi connectivity index (χ2n) is 10.2. The standard InChI is InChI=1S/C28H34FN3O6/c1-28(2,3)25(27(36)37-4)30-26(35)24-21-14-13-20(38-15-7-5-6-8-23(33)34)16-22(21)32(31-24)17-18-9-11-19(29)12-10-18/h9-14,16,25H,5-8,15,17H2,1-4H3,(H,30,35)(H,33,34)/t25-/m1/s1. The van der Waals surface area contributed by atoms with Crippen LogP contribution in [0.5, 0.6) is 5.75 Å². The molecule has 0 bridgehead atoms. The zero-order valence-corrected chi connectivity index (χ0v) is 22.1. The number of aromatic nitrogens is 2. The molecule has 3 aromatic rings. The highest BCUT2D eigenvalue weighted by Gasteiger charge is 2.35. The van der Waals surface area contributed by atoms with Gasteiger partial charge in [-0.1, -0.05) is 32.9 Å². The Balaban J connectivity index is 1.88. The number of nitrogens with one attached hydrogen (secondary N) is 1. The van der Waals surface area contributed by atoms with E-state index in [2.05, 4.69) is 10.4 Å². The number of carboxylic acid groups (broad SMARTS) is 1. The Morgan fingerprint density at radius 3 is 2.42 bits per heavy atom. The van der Waals surface area contributed by atoms with Crippen molar-refractivity contribution >= 4 is 28.7 Å². The third-order valence-corrected chi connectivity index (χ3v) is 6.07. The maximum absolute atomic E-state index is 13.4. The van der Waals surface area contributed by atoms with Gasteiger partial charge in [0.1, 0.15) is 17.6 Å². The number of esters is 1. The molecule has 0 aliphatic rings. The summed E-state index contributed by atoms with van der Waals surface area (Å²) in [5, 5.41) is 16.6. The van der Waals surface area contributed by atoms with E-state index in [4.69, 9.17) is 14.6 Å². The van der Waals surface area contributed by atoms with E-state index in [-0.39, 0.29) is 24.5 Å². The van der Waals surface area contributed by atoms with Crippen LogP contribution in [0, 0.1) is 11.2 Å². The maximum atomic E-state index is 13.4. The monoisotopic (exact) mass is 527 g/mol. The number of carbonyl (C=O) groups excluding carboxylic acids is 2. The number of carbonyl (C=O) groups is 3. The summed E-state index contributed by atoms with van der Waals surface area (Å²) in [5.74, 6) is -1.67. The van der Waals surface area contributed by atoms with Crippen molar-refractivity contribution in [1.29, 1.82) is 0 Å². The highest BCUT2D eigenvalue weighted by Crippen LogP contribution is 2.27. The topological polar surface area (TPSA) is 120 Å². The van der Waals surface area contributed by atoms with Crippen LogP contribution >= 0.6 is 0 Å². The molecular formula is C28H34FN3O6. The molecule has 0 saturated carbocycles. The van der Waals surface area contributed by atoms with Crippen molar-refractivity contribution in [3.05, 3.63) is 59.5 Å². The molecule has 10 heteroatoms. The van der Waals surface area contributed by atoms with Crippen molar-refractivity contribution in [2.45, 2.75) is 59.0 Å². The predicted molar refractivity (Wildman–Crippen MR) is 140 cm³/mol. The SMILES string of the molecule is COC(=O)[C@@H](NC(=O)c1nn(Cc2ccc(F)cc2)c2cc(OCCCCCC(=O)O)ccc12)C(C)(C)C. The van der Waals surface area contributed by atoms with Gasteiger partial charge in [-0.25, -0.2) is 9.18 Å². The second-order valence-corrected chi connectivity index (χ2v) is 10.2. The van der Waals surface area contributed by atoms with Gasteiger partial charge in [-0.05, 0) is 54.5 Å². The van der Waals surface area contributed by atoms with E-state index in [0.717, 1.165) is 12.0 Å². The first kappa shape index (κ1) is 28.6. The van der Waals surface area contributed by atoms with E-state index in [1.807, 2.05) is 20.8 Å². The lowest BCUT2D eigenvalue weighted by atomic mass is 9.86. The Bertz CT molecular complexity index is 1280. The number of unbranched alkanes of at least 4 members (excludes halogenated alkanes) is 2. The number of hydrogen-bond donors (Lipinski definition) is 2. The molecule has 0 unspecified atom stereocenters. The first-order valence-corrected chi connectivity index (χ1v) is 12.5. The summed E-state index contributed by atoms with van der Waals surface area (Å²) < 4.78 is 25.8. The van der Waals surface area contributed by atoms with Crippen LogP contribution in [0.2, 0.25) is 0 Å². The lowest BCUT2D eigenvalue weighted by Gasteiger charge is -2.28. The Labute approximate surface area is 220 Å². The third kappa shape index (κ3) is 7.53.